The first-order chi connectivity index (χ1) is 5.41. The summed E-state index contributed by atoms with van der Waals surface area (Å²) in [6, 6.07) is 0. The van der Waals surface area contributed by atoms with Crippen LogP contribution in [0.3, 0.4) is 0 Å². The van der Waals surface area contributed by atoms with Crippen LogP contribution in [0.4, 0.5) is 13.2 Å². The number of alkyl halides is 3. The molecule has 1 rings (SSSR count). The summed E-state index contributed by atoms with van der Waals surface area (Å²) >= 11 is 0. The second-order valence-electron chi connectivity index (χ2n) is 3.08. The summed E-state index contributed by atoms with van der Waals surface area (Å²) in [5, 5.41) is 8.22. The van der Waals surface area contributed by atoms with Gasteiger partial charge in [0, 0.05) is 0 Å². The first-order valence-corrected chi connectivity index (χ1v) is 3.69. The van der Waals surface area contributed by atoms with Gasteiger partial charge in [0.25, 0.3) is 0 Å². The molecule has 0 heterocycles. The van der Waals surface area contributed by atoms with Crippen molar-refractivity contribution in [2.75, 3.05) is 0 Å². The van der Waals surface area contributed by atoms with Gasteiger partial charge < -0.3 is 5.11 Å². The van der Waals surface area contributed by atoms with Gasteiger partial charge in [-0.3, -0.25) is 4.79 Å². The Morgan fingerprint density at radius 2 is 2.00 bits per heavy atom. The molecular weight excluding hydrogens is 173 g/mol. The number of aliphatic carboxylic acids is 1. The van der Waals surface area contributed by atoms with Crippen molar-refractivity contribution in [2.24, 2.45) is 11.8 Å². The predicted octanol–water partition coefficient (Wildman–Crippen LogP) is 2.05. The Kier molecular flexibility index (Phi) is 2.30. The highest BCUT2D eigenvalue weighted by molar-refractivity contribution is 5.67. The molecule has 1 N–H and O–H groups in total. The van der Waals surface area contributed by atoms with Gasteiger partial charge in [-0.05, 0) is 18.8 Å². The Hall–Kier alpha value is -0.740. The van der Waals surface area contributed by atoms with E-state index in [4.69, 9.17) is 5.11 Å². The number of carbonyl (C=O) groups is 1. The lowest BCUT2D eigenvalue weighted by Gasteiger charge is -2.17. The zero-order chi connectivity index (χ0) is 9.35. The zero-order valence-corrected chi connectivity index (χ0v) is 6.27. The number of carboxylic acid groups (broad SMARTS) is 1. The molecule has 5 heteroatoms. The summed E-state index contributed by atoms with van der Waals surface area (Å²) < 4.78 is 36.3. The number of halogens is 3. The summed E-state index contributed by atoms with van der Waals surface area (Å²) in [6.07, 6.45) is -4.11. The number of carboxylic acids is 1. The molecule has 0 aromatic carbocycles. The molecule has 0 bridgehead atoms. The van der Waals surface area contributed by atoms with Crippen LogP contribution in [0.1, 0.15) is 19.3 Å². The Labute approximate surface area is 67.4 Å². The van der Waals surface area contributed by atoms with Crippen molar-refractivity contribution >= 4 is 5.97 Å². The van der Waals surface area contributed by atoms with Gasteiger partial charge in [0.15, 0.2) is 0 Å². The number of hydrogen-bond acceptors (Lipinski definition) is 1. The van der Waals surface area contributed by atoms with Crippen LogP contribution in [0.25, 0.3) is 0 Å². The van der Waals surface area contributed by atoms with E-state index in [9.17, 15) is 18.0 Å². The minimum absolute atomic E-state index is 0.443. The Balaban J connectivity index is 2.54. The van der Waals surface area contributed by atoms with Crippen molar-refractivity contribution in [2.45, 2.75) is 25.4 Å². The fourth-order valence-corrected chi connectivity index (χ4v) is 1.24. The van der Waals surface area contributed by atoms with E-state index in [1.807, 2.05) is 0 Å². The second-order valence-corrected chi connectivity index (χ2v) is 3.08. The summed E-state index contributed by atoms with van der Waals surface area (Å²) in [4.78, 5) is 10.1. The van der Waals surface area contributed by atoms with E-state index in [1.54, 1.807) is 0 Å². The van der Waals surface area contributed by atoms with Crippen LogP contribution in [-0.2, 0) is 4.79 Å². The quantitative estimate of drug-likeness (QED) is 0.725. The van der Waals surface area contributed by atoms with E-state index in [2.05, 4.69) is 0 Å². The molecule has 0 aromatic heterocycles. The third-order valence-corrected chi connectivity index (χ3v) is 2.01. The monoisotopic (exact) mass is 182 g/mol. The van der Waals surface area contributed by atoms with Crippen LogP contribution in [0, 0.1) is 11.8 Å². The number of rotatable bonds is 3. The molecule has 70 valence electrons. The second kappa shape index (κ2) is 2.95. The van der Waals surface area contributed by atoms with Crippen molar-refractivity contribution in [3.8, 4) is 0 Å². The van der Waals surface area contributed by atoms with Gasteiger partial charge in [-0.1, -0.05) is 0 Å². The molecule has 0 amide bonds. The summed E-state index contributed by atoms with van der Waals surface area (Å²) in [7, 11) is 0. The minimum atomic E-state index is -4.35. The predicted molar refractivity (Wildman–Crippen MR) is 34.5 cm³/mol. The van der Waals surface area contributed by atoms with Gasteiger partial charge in [-0.2, -0.15) is 13.2 Å². The van der Waals surface area contributed by atoms with Crippen molar-refractivity contribution < 1.29 is 23.1 Å². The molecule has 0 aromatic rings. The van der Waals surface area contributed by atoms with E-state index in [0.717, 1.165) is 0 Å². The molecule has 1 unspecified atom stereocenters. The lowest BCUT2D eigenvalue weighted by Crippen LogP contribution is -2.27. The Bertz CT molecular complexity index is 184. The van der Waals surface area contributed by atoms with Crippen LogP contribution in [0.15, 0.2) is 0 Å². The van der Waals surface area contributed by atoms with Gasteiger partial charge >= 0.3 is 12.1 Å². The van der Waals surface area contributed by atoms with Crippen molar-refractivity contribution in [3.05, 3.63) is 0 Å². The van der Waals surface area contributed by atoms with E-state index < -0.39 is 30.4 Å². The summed E-state index contributed by atoms with van der Waals surface area (Å²) in [5.74, 6) is -3.44. The summed E-state index contributed by atoms with van der Waals surface area (Å²) in [5.41, 5.74) is 0. The largest absolute Gasteiger partial charge is 0.481 e. The highest BCUT2D eigenvalue weighted by Gasteiger charge is 2.49. The minimum Gasteiger partial charge on any atom is -0.481 e. The van der Waals surface area contributed by atoms with Gasteiger partial charge in [-0.15, -0.1) is 0 Å². The molecule has 1 atom stereocenters. The van der Waals surface area contributed by atoms with Crippen molar-refractivity contribution in [1.29, 1.82) is 0 Å². The van der Waals surface area contributed by atoms with Crippen LogP contribution in [0.2, 0.25) is 0 Å². The molecule has 0 spiro atoms. The fourth-order valence-electron chi connectivity index (χ4n) is 1.24. The highest BCUT2D eigenvalue weighted by atomic mass is 19.4. The average Bonchev–Trinajstić information content (AvgIpc) is 2.60. The normalized spacial score (nSPS) is 20.6. The van der Waals surface area contributed by atoms with E-state index in [-0.39, 0.29) is 0 Å². The van der Waals surface area contributed by atoms with Crippen molar-refractivity contribution in [1.82, 2.24) is 0 Å². The molecule has 1 aliphatic rings. The van der Waals surface area contributed by atoms with Crippen LogP contribution in [-0.4, -0.2) is 17.3 Å². The third kappa shape index (κ3) is 2.39. The first-order valence-electron chi connectivity index (χ1n) is 3.69. The molecule has 1 fully saturated rings. The Morgan fingerprint density at radius 1 is 1.50 bits per heavy atom. The highest BCUT2D eigenvalue weighted by Crippen LogP contribution is 2.46. The van der Waals surface area contributed by atoms with Gasteiger partial charge in [0.05, 0.1) is 12.3 Å². The third-order valence-electron chi connectivity index (χ3n) is 2.01. The smallest absolute Gasteiger partial charge is 0.392 e. The topological polar surface area (TPSA) is 37.3 Å². The van der Waals surface area contributed by atoms with Crippen LogP contribution >= 0.6 is 0 Å². The van der Waals surface area contributed by atoms with Crippen LogP contribution in [0.5, 0.6) is 0 Å². The molecule has 1 aliphatic carbocycles. The lowest BCUT2D eigenvalue weighted by atomic mass is 9.99. The van der Waals surface area contributed by atoms with E-state index in [1.165, 1.54) is 0 Å². The molecule has 12 heavy (non-hydrogen) atoms. The lowest BCUT2D eigenvalue weighted by molar-refractivity contribution is -0.187. The maximum atomic E-state index is 12.1. The molecular formula is C7H9F3O2. The summed E-state index contributed by atoms with van der Waals surface area (Å²) in [6.45, 7) is 0. The number of hydrogen-bond donors (Lipinski definition) is 1. The maximum Gasteiger partial charge on any atom is 0.392 e. The average molecular weight is 182 g/mol. The van der Waals surface area contributed by atoms with Gasteiger partial charge in [0.2, 0.25) is 0 Å². The molecule has 0 aliphatic heterocycles. The molecule has 1 saturated carbocycles. The molecule has 0 radical (unpaired) electrons. The maximum absolute atomic E-state index is 12.1. The fraction of sp³-hybridized carbons (Fsp3) is 0.857. The Morgan fingerprint density at radius 3 is 2.25 bits per heavy atom. The molecule has 0 saturated heterocycles. The van der Waals surface area contributed by atoms with Gasteiger partial charge in [-0.25, -0.2) is 0 Å². The van der Waals surface area contributed by atoms with Crippen LogP contribution < -0.4 is 0 Å². The van der Waals surface area contributed by atoms with Gasteiger partial charge in [0.1, 0.15) is 0 Å². The van der Waals surface area contributed by atoms with E-state index >= 15 is 0 Å². The van der Waals surface area contributed by atoms with E-state index in [0.29, 0.717) is 12.8 Å². The first kappa shape index (κ1) is 9.35. The standard InChI is InChI=1S/C7H9F3O2/c8-7(9,10)5(3-6(11)12)4-1-2-4/h4-5H,1-3H2,(H,11,12). The SMILES string of the molecule is O=C(O)CC(C1CC1)C(F)(F)F. The molecule has 2 nitrogen and oxygen atoms in total. The van der Waals surface area contributed by atoms with Crippen molar-refractivity contribution in [3.63, 3.8) is 0 Å². The zero-order valence-electron chi connectivity index (χ0n) is 6.27.